The van der Waals surface area contributed by atoms with Gasteiger partial charge in [-0.15, -0.1) is 24.2 Å². The van der Waals surface area contributed by atoms with Gasteiger partial charge < -0.3 is 4.74 Å². The van der Waals surface area contributed by atoms with Gasteiger partial charge in [-0.3, -0.25) is 14.6 Å². The maximum absolute atomic E-state index is 13.1. The Balaban J connectivity index is 0.00000240. The zero-order chi connectivity index (χ0) is 19.2. The van der Waals surface area contributed by atoms with Gasteiger partial charge in [0.1, 0.15) is 0 Å². The monoisotopic (exact) mass is 449 g/mol. The molecule has 5 nitrogen and oxygen atoms in total. The molecule has 1 saturated heterocycles. The van der Waals surface area contributed by atoms with E-state index in [1.54, 1.807) is 23.1 Å². The molecule has 0 unspecified atom stereocenters. The number of hydrogen-bond donors (Lipinski definition) is 0. The first-order valence-corrected chi connectivity index (χ1v) is 11.2. The Kier molecular flexibility index (Phi) is 8.32. The summed E-state index contributed by atoms with van der Waals surface area (Å²) in [5, 5.41) is 0.785. The summed E-state index contributed by atoms with van der Waals surface area (Å²) in [7, 11) is 0. The minimum atomic E-state index is 0. The lowest BCUT2D eigenvalue weighted by Crippen LogP contribution is -2.43. The standard InChI is InChI=1S/C21H23N3O2S2.ClH/c25-20(16-27-17-6-2-1-3-7-17)24(11-10-23-12-14-26-15-13-23)21-22-18-8-4-5-9-19(18)28-21;/h1-9H,10-16H2;1H. The average Bonchev–Trinajstić information content (AvgIpc) is 3.18. The Morgan fingerprint density at radius 2 is 1.83 bits per heavy atom. The second-order valence-corrected chi connectivity index (χ2v) is 8.62. The first-order chi connectivity index (χ1) is 13.8. The van der Waals surface area contributed by atoms with E-state index in [-0.39, 0.29) is 18.3 Å². The van der Waals surface area contributed by atoms with Crippen molar-refractivity contribution in [2.75, 3.05) is 50.0 Å². The summed E-state index contributed by atoms with van der Waals surface area (Å²) < 4.78 is 6.54. The third-order valence-corrected chi connectivity index (χ3v) is 6.72. The van der Waals surface area contributed by atoms with Gasteiger partial charge in [0.25, 0.3) is 0 Å². The smallest absolute Gasteiger partial charge is 0.239 e. The van der Waals surface area contributed by atoms with Gasteiger partial charge in [-0.2, -0.15) is 0 Å². The molecule has 0 aliphatic carbocycles. The number of morpholine rings is 1. The summed E-state index contributed by atoms with van der Waals surface area (Å²) >= 11 is 3.16. The fourth-order valence-corrected chi connectivity index (χ4v) is 4.91. The van der Waals surface area contributed by atoms with Crippen LogP contribution in [0.1, 0.15) is 0 Å². The van der Waals surface area contributed by atoms with Gasteiger partial charge in [0, 0.05) is 31.1 Å². The van der Waals surface area contributed by atoms with E-state index in [0.29, 0.717) is 12.3 Å². The molecular formula is C21H24ClN3O2S2. The van der Waals surface area contributed by atoms with Crippen LogP contribution >= 0.6 is 35.5 Å². The summed E-state index contributed by atoms with van der Waals surface area (Å²) in [6.07, 6.45) is 0. The lowest BCUT2D eigenvalue weighted by atomic mass is 10.3. The molecule has 1 fully saturated rings. The molecule has 154 valence electrons. The summed E-state index contributed by atoms with van der Waals surface area (Å²) in [6.45, 7) is 4.84. The first-order valence-electron chi connectivity index (χ1n) is 9.43. The number of para-hydroxylation sites is 1. The Bertz CT molecular complexity index is 883. The molecule has 0 radical (unpaired) electrons. The number of anilines is 1. The van der Waals surface area contributed by atoms with Gasteiger partial charge in [0.05, 0.1) is 29.2 Å². The van der Waals surface area contributed by atoms with Gasteiger partial charge in [-0.05, 0) is 24.3 Å². The number of thiazole rings is 1. The Hall–Kier alpha value is -1.64. The number of benzene rings is 2. The predicted molar refractivity (Wildman–Crippen MR) is 124 cm³/mol. The SMILES string of the molecule is Cl.O=C(CSc1ccccc1)N(CCN1CCOCC1)c1nc2ccccc2s1. The van der Waals surface area contributed by atoms with Crippen LogP contribution in [-0.2, 0) is 9.53 Å². The van der Waals surface area contributed by atoms with Crippen LogP contribution in [0, 0.1) is 0 Å². The number of hydrogen-bond acceptors (Lipinski definition) is 6. The third-order valence-electron chi connectivity index (χ3n) is 4.66. The largest absolute Gasteiger partial charge is 0.379 e. The molecule has 0 N–H and O–H groups in total. The van der Waals surface area contributed by atoms with E-state index in [1.165, 1.54) is 0 Å². The highest BCUT2D eigenvalue weighted by Crippen LogP contribution is 2.29. The van der Waals surface area contributed by atoms with E-state index in [9.17, 15) is 4.79 Å². The Labute approximate surface area is 185 Å². The van der Waals surface area contributed by atoms with Crippen LogP contribution in [-0.4, -0.2) is 60.9 Å². The highest BCUT2D eigenvalue weighted by Gasteiger charge is 2.21. The minimum Gasteiger partial charge on any atom is -0.379 e. The first kappa shape index (κ1) is 22.1. The van der Waals surface area contributed by atoms with Crippen molar-refractivity contribution in [1.82, 2.24) is 9.88 Å². The van der Waals surface area contributed by atoms with Crippen LogP contribution in [0.3, 0.4) is 0 Å². The number of fused-ring (bicyclic) bond motifs is 1. The molecule has 1 aliphatic rings. The molecule has 29 heavy (non-hydrogen) atoms. The van der Waals surface area contributed by atoms with Crippen molar-refractivity contribution < 1.29 is 9.53 Å². The number of nitrogens with zero attached hydrogens (tertiary/aromatic N) is 3. The molecule has 1 amide bonds. The van der Waals surface area contributed by atoms with Gasteiger partial charge in [0.15, 0.2) is 5.13 Å². The molecule has 0 spiro atoms. The molecule has 2 heterocycles. The van der Waals surface area contributed by atoms with Crippen molar-refractivity contribution in [2.24, 2.45) is 0 Å². The maximum Gasteiger partial charge on any atom is 0.239 e. The van der Waals surface area contributed by atoms with Crippen LogP contribution in [0.25, 0.3) is 10.2 Å². The van der Waals surface area contributed by atoms with Gasteiger partial charge in [0.2, 0.25) is 5.91 Å². The number of aromatic nitrogens is 1. The highest BCUT2D eigenvalue weighted by atomic mass is 35.5. The van der Waals surface area contributed by atoms with Gasteiger partial charge in [-0.25, -0.2) is 4.98 Å². The van der Waals surface area contributed by atoms with E-state index in [0.717, 1.165) is 53.1 Å². The predicted octanol–water partition coefficient (Wildman–Crippen LogP) is 4.18. The molecule has 4 rings (SSSR count). The van der Waals surface area contributed by atoms with Crippen LogP contribution < -0.4 is 4.90 Å². The number of thioether (sulfide) groups is 1. The molecule has 2 aromatic carbocycles. The lowest BCUT2D eigenvalue weighted by molar-refractivity contribution is -0.116. The molecule has 1 aliphatic heterocycles. The van der Waals surface area contributed by atoms with Crippen molar-refractivity contribution in [3.63, 3.8) is 0 Å². The third kappa shape index (κ3) is 5.93. The number of ether oxygens (including phenoxy) is 1. The quantitative estimate of drug-likeness (QED) is 0.506. The average molecular weight is 450 g/mol. The van der Waals surface area contributed by atoms with E-state index in [4.69, 9.17) is 9.72 Å². The van der Waals surface area contributed by atoms with Crippen LogP contribution in [0.4, 0.5) is 5.13 Å². The summed E-state index contributed by atoms with van der Waals surface area (Å²) in [5.74, 6) is 0.504. The van der Waals surface area contributed by atoms with Crippen molar-refractivity contribution in [3.05, 3.63) is 54.6 Å². The molecule has 0 atom stereocenters. The van der Waals surface area contributed by atoms with Gasteiger partial charge in [-0.1, -0.05) is 41.7 Å². The second kappa shape index (κ2) is 10.9. The molecule has 0 saturated carbocycles. The normalized spacial score (nSPS) is 14.5. The molecule has 1 aromatic heterocycles. The fourth-order valence-electron chi connectivity index (χ4n) is 3.11. The molecular weight excluding hydrogens is 426 g/mol. The Morgan fingerprint density at radius 1 is 1.10 bits per heavy atom. The maximum atomic E-state index is 13.1. The number of amides is 1. The van der Waals surface area contributed by atoms with Crippen LogP contribution in [0.15, 0.2) is 59.5 Å². The van der Waals surface area contributed by atoms with Crippen molar-refractivity contribution in [2.45, 2.75) is 4.90 Å². The van der Waals surface area contributed by atoms with Gasteiger partial charge >= 0.3 is 0 Å². The number of rotatable bonds is 7. The van der Waals surface area contributed by atoms with E-state index in [2.05, 4.69) is 11.0 Å². The van der Waals surface area contributed by atoms with Crippen LogP contribution in [0.2, 0.25) is 0 Å². The van der Waals surface area contributed by atoms with Crippen LogP contribution in [0.5, 0.6) is 0 Å². The van der Waals surface area contributed by atoms with Crippen molar-refractivity contribution in [3.8, 4) is 0 Å². The zero-order valence-corrected chi connectivity index (χ0v) is 18.5. The zero-order valence-electron chi connectivity index (χ0n) is 16.0. The Morgan fingerprint density at radius 3 is 2.59 bits per heavy atom. The molecule has 3 aromatic rings. The lowest BCUT2D eigenvalue weighted by Gasteiger charge is -2.29. The topological polar surface area (TPSA) is 45.7 Å². The minimum absolute atomic E-state index is 0. The number of halogens is 1. The number of carbonyl (C=O) groups is 1. The summed E-state index contributed by atoms with van der Waals surface area (Å²) in [4.78, 5) is 23.1. The van der Waals surface area contributed by atoms with E-state index in [1.807, 2.05) is 53.4 Å². The molecule has 8 heteroatoms. The van der Waals surface area contributed by atoms with E-state index >= 15 is 0 Å². The van der Waals surface area contributed by atoms with Crippen molar-refractivity contribution >= 4 is 56.8 Å². The summed E-state index contributed by atoms with van der Waals surface area (Å²) in [5.41, 5.74) is 0.947. The molecule has 0 bridgehead atoms. The van der Waals surface area contributed by atoms with E-state index < -0.39 is 0 Å². The summed E-state index contributed by atoms with van der Waals surface area (Å²) in [6, 6.07) is 18.1. The fraction of sp³-hybridized carbons (Fsp3) is 0.333. The second-order valence-electron chi connectivity index (χ2n) is 6.57. The number of carbonyl (C=O) groups excluding carboxylic acids is 1. The highest BCUT2D eigenvalue weighted by molar-refractivity contribution is 8.00. The van der Waals surface area contributed by atoms with Crippen molar-refractivity contribution in [1.29, 1.82) is 0 Å².